The Morgan fingerprint density at radius 2 is 2.11 bits per heavy atom. The summed E-state index contributed by atoms with van der Waals surface area (Å²) in [5.74, 6) is -0.424. The van der Waals surface area contributed by atoms with E-state index in [-0.39, 0.29) is 34.4 Å². The summed E-state index contributed by atoms with van der Waals surface area (Å²) in [6.07, 6.45) is 1.15. The molecule has 4 rings (SSSR count). The molecule has 1 aliphatic heterocycles. The highest BCUT2D eigenvalue weighted by molar-refractivity contribution is 5.76. The van der Waals surface area contributed by atoms with Crippen molar-refractivity contribution in [2.45, 2.75) is 18.9 Å². The Hall–Kier alpha value is -3.81. The summed E-state index contributed by atoms with van der Waals surface area (Å²) in [6.45, 7) is 0.745. The van der Waals surface area contributed by atoms with E-state index in [1.807, 2.05) is 6.07 Å². The van der Waals surface area contributed by atoms with Gasteiger partial charge in [-0.3, -0.25) is 0 Å². The Morgan fingerprint density at radius 1 is 1.32 bits per heavy atom. The van der Waals surface area contributed by atoms with E-state index in [0.717, 1.165) is 6.07 Å². The average Bonchev–Trinajstić information content (AvgIpc) is 3.13. The highest BCUT2D eigenvalue weighted by Crippen LogP contribution is 2.25. The summed E-state index contributed by atoms with van der Waals surface area (Å²) >= 11 is 0. The molecule has 0 atom stereocenters. The maximum Gasteiger partial charge on any atom is 0.407 e. The van der Waals surface area contributed by atoms with Crippen LogP contribution in [0.5, 0.6) is 5.88 Å². The number of halogens is 1. The minimum absolute atomic E-state index is 0.0981. The second-order valence-corrected chi connectivity index (χ2v) is 6.22. The standard InChI is InChI=1S/C17H14FN7O3/c18-12-7-10(8-19)1-2-13(12)25-15-14(22-23-25)16(21-9-20-15)28-11-3-5-24(6-4-11)17(26)27/h1-2,7,9,11H,3-6H2,(H,26,27). The van der Waals surface area contributed by atoms with E-state index in [2.05, 4.69) is 20.3 Å². The molecule has 11 heteroatoms. The van der Waals surface area contributed by atoms with Gasteiger partial charge in [0.2, 0.25) is 5.88 Å². The van der Waals surface area contributed by atoms with E-state index >= 15 is 0 Å². The highest BCUT2D eigenvalue weighted by atomic mass is 19.1. The first-order valence-corrected chi connectivity index (χ1v) is 8.48. The third kappa shape index (κ3) is 3.16. The molecule has 1 amide bonds. The molecule has 1 aromatic carbocycles. The molecule has 0 unspecified atom stereocenters. The topological polar surface area (TPSA) is 130 Å². The maximum absolute atomic E-state index is 14.3. The molecule has 0 aliphatic carbocycles. The van der Waals surface area contributed by atoms with Gasteiger partial charge in [-0.05, 0) is 18.2 Å². The fraction of sp³-hybridized carbons (Fsp3) is 0.294. The fourth-order valence-electron chi connectivity index (χ4n) is 3.05. The van der Waals surface area contributed by atoms with Crippen LogP contribution in [0.1, 0.15) is 18.4 Å². The van der Waals surface area contributed by atoms with E-state index in [1.54, 1.807) is 0 Å². The Kier molecular flexibility index (Phi) is 4.44. The van der Waals surface area contributed by atoms with Gasteiger partial charge in [0, 0.05) is 25.9 Å². The van der Waals surface area contributed by atoms with Crippen LogP contribution >= 0.6 is 0 Å². The number of hydrogen-bond donors (Lipinski definition) is 1. The van der Waals surface area contributed by atoms with Crippen LogP contribution < -0.4 is 4.74 Å². The highest BCUT2D eigenvalue weighted by Gasteiger charge is 2.25. The Bertz CT molecular complexity index is 1090. The number of benzene rings is 1. The minimum Gasteiger partial charge on any atom is -0.472 e. The zero-order valence-electron chi connectivity index (χ0n) is 14.5. The molecule has 1 aliphatic rings. The summed E-state index contributed by atoms with van der Waals surface area (Å²) < 4.78 is 21.4. The smallest absolute Gasteiger partial charge is 0.407 e. The predicted molar refractivity (Wildman–Crippen MR) is 92.4 cm³/mol. The number of carboxylic acid groups (broad SMARTS) is 1. The van der Waals surface area contributed by atoms with Crippen LogP contribution in [0, 0.1) is 17.1 Å². The molecule has 0 bridgehead atoms. The summed E-state index contributed by atoms with van der Waals surface area (Å²) in [6, 6.07) is 5.88. The van der Waals surface area contributed by atoms with E-state index in [1.165, 1.54) is 28.0 Å². The predicted octanol–water partition coefficient (Wildman–Crippen LogP) is 1.74. The lowest BCUT2D eigenvalue weighted by molar-refractivity contribution is 0.0878. The van der Waals surface area contributed by atoms with Gasteiger partial charge < -0.3 is 14.7 Å². The second kappa shape index (κ2) is 7.07. The van der Waals surface area contributed by atoms with Gasteiger partial charge in [-0.2, -0.15) is 14.9 Å². The summed E-state index contributed by atoms with van der Waals surface area (Å²) in [5.41, 5.74) is 0.821. The van der Waals surface area contributed by atoms with Gasteiger partial charge >= 0.3 is 6.09 Å². The molecule has 2 aromatic heterocycles. The molecule has 142 valence electrons. The lowest BCUT2D eigenvalue weighted by Crippen LogP contribution is -2.41. The number of amides is 1. The number of piperidine rings is 1. The van der Waals surface area contributed by atoms with Crippen molar-refractivity contribution in [1.29, 1.82) is 5.26 Å². The molecule has 3 aromatic rings. The molecule has 28 heavy (non-hydrogen) atoms. The molecule has 1 saturated heterocycles. The maximum atomic E-state index is 14.3. The van der Waals surface area contributed by atoms with Gasteiger partial charge in [0.25, 0.3) is 0 Å². The Morgan fingerprint density at radius 3 is 2.79 bits per heavy atom. The monoisotopic (exact) mass is 383 g/mol. The van der Waals surface area contributed by atoms with Crippen LogP contribution in [-0.4, -0.2) is 60.3 Å². The van der Waals surface area contributed by atoms with E-state index in [9.17, 15) is 9.18 Å². The zero-order valence-corrected chi connectivity index (χ0v) is 14.5. The first kappa shape index (κ1) is 17.6. The Labute approximate surface area is 157 Å². The van der Waals surface area contributed by atoms with Crippen molar-refractivity contribution in [3.8, 4) is 17.6 Å². The number of fused-ring (bicyclic) bond motifs is 1. The number of hydrogen-bond acceptors (Lipinski definition) is 7. The quantitative estimate of drug-likeness (QED) is 0.724. The van der Waals surface area contributed by atoms with Gasteiger partial charge in [-0.1, -0.05) is 5.21 Å². The normalized spacial score (nSPS) is 14.8. The number of carbonyl (C=O) groups is 1. The molecule has 0 radical (unpaired) electrons. The molecular weight excluding hydrogens is 369 g/mol. The first-order chi connectivity index (χ1) is 13.6. The van der Waals surface area contributed by atoms with Crippen LogP contribution in [0.4, 0.5) is 9.18 Å². The van der Waals surface area contributed by atoms with Gasteiger partial charge in [0.15, 0.2) is 11.2 Å². The number of ether oxygens (including phenoxy) is 1. The van der Waals surface area contributed by atoms with Gasteiger partial charge in [0.05, 0.1) is 11.6 Å². The number of aromatic nitrogens is 5. The molecule has 1 fully saturated rings. The summed E-state index contributed by atoms with van der Waals surface area (Å²) in [4.78, 5) is 20.5. The van der Waals surface area contributed by atoms with E-state index in [0.29, 0.717) is 25.9 Å². The molecule has 10 nitrogen and oxygen atoms in total. The molecule has 0 saturated carbocycles. The fourth-order valence-corrected chi connectivity index (χ4v) is 3.05. The van der Waals surface area contributed by atoms with E-state index < -0.39 is 11.9 Å². The van der Waals surface area contributed by atoms with E-state index in [4.69, 9.17) is 15.1 Å². The average molecular weight is 383 g/mol. The van der Waals surface area contributed by atoms with Crippen LogP contribution in [-0.2, 0) is 0 Å². The van der Waals surface area contributed by atoms with Crippen molar-refractivity contribution in [2.24, 2.45) is 0 Å². The minimum atomic E-state index is -0.949. The zero-order chi connectivity index (χ0) is 19.7. The third-order valence-electron chi connectivity index (χ3n) is 4.50. The van der Waals surface area contributed by atoms with Crippen LogP contribution in [0.25, 0.3) is 16.9 Å². The van der Waals surface area contributed by atoms with Crippen molar-refractivity contribution in [3.05, 3.63) is 35.9 Å². The van der Waals surface area contributed by atoms with Crippen molar-refractivity contribution in [3.63, 3.8) is 0 Å². The number of likely N-dealkylation sites (tertiary alicyclic amines) is 1. The number of rotatable bonds is 3. The largest absolute Gasteiger partial charge is 0.472 e. The van der Waals surface area contributed by atoms with Crippen molar-refractivity contribution in [1.82, 2.24) is 29.9 Å². The molecule has 0 spiro atoms. The Balaban J connectivity index is 1.61. The lowest BCUT2D eigenvalue weighted by Gasteiger charge is -2.29. The molecule has 3 heterocycles. The van der Waals surface area contributed by atoms with Gasteiger partial charge in [-0.25, -0.2) is 14.2 Å². The van der Waals surface area contributed by atoms with Crippen molar-refractivity contribution >= 4 is 17.3 Å². The van der Waals surface area contributed by atoms with Crippen molar-refractivity contribution < 1.29 is 19.0 Å². The number of nitriles is 1. The summed E-state index contributed by atoms with van der Waals surface area (Å²) in [7, 11) is 0. The van der Waals surface area contributed by atoms with Crippen LogP contribution in [0.2, 0.25) is 0 Å². The number of nitrogens with zero attached hydrogens (tertiary/aromatic N) is 7. The summed E-state index contributed by atoms with van der Waals surface area (Å²) in [5, 5.41) is 25.8. The van der Waals surface area contributed by atoms with Crippen molar-refractivity contribution in [2.75, 3.05) is 13.1 Å². The second-order valence-electron chi connectivity index (χ2n) is 6.22. The first-order valence-electron chi connectivity index (χ1n) is 8.48. The third-order valence-corrected chi connectivity index (χ3v) is 4.50. The van der Waals surface area contributed by atoms with Crippen LogP contribution in [0.15, 0.2) is 24.5 Å². The lowest BCUT2D eigenvalue weighted by atomic mass is 10.1. The van der Waals surface area contributed by atoms with Gasteiger partial charge in [0.1, 0.15) is 23.9 Å². The van der Waals surface area contributed by atoms with Crippen LogP contribution in [0.3, 0.4) is 0 Å². The van der Waals surface area contributed by atoms with Gasteiger partial charge in [-0.15, -0.1) is 5.10 Å². The molecular formula is C17H14FN7O3. The SMILES string of the molecule is N#Cc1ccc(-n2nnc3c(OC4CCN(C(=O)O)CC4)ncnc32)c(F)c1. The molecule has 1 N–H and O–H groups in total.